The van der Waals surface area contributed by atoms with E-state index in [0.717, 1.165) is 23.3 Å². The van der Waals surface area contributed by atoms with Crippen molar-refractivity contribution in [3.8, 4) is 11.5 Å². The zero-order valence-corrected chi connectivity index (χ0v) is 18.2. The van der Waals surface area contributed by atoms with Crippen LogP contribution in [0.4, 0.5) is 0 Å². The number of carbonyl (C=O) groups is 1. The number of hydrogen-bond acceptors (Lipinski definition) is 5. The summed E-state index contributed by atoms with van der Waals surface area (Å²) in [7, 11) is 0. The maximum atomic E-state index is 12.6. The van der Waals surface area contributed by atoms with E-state index in [2.05, 4.69) is 0 Å². The van der Waals surface area contributed by atoms with Crippen molar-refractivity contribution in [2.24, 2.45) is 0 Å². The molecule has 0 saturated carbocycles. The SMILES string of the molecule is Cc1cc(O[C@@H]2CCN(C(=O)CCc3ccc(OCc4ccccc4)cc3)C2)cc(=O)o1. The number of amides is 1. The highest BCUT2D eigenvalue weighted by Gasteiger charge is 2.27. The Bertz CT molecular complexity index is 1090. The Morgan fingerprint density at radius 2 is 1.81 bits per heavy atom. The number of ether oxygens (including phenoxy) is 2. The van der Waals surface area contributed by atoms with Gasteiger partial charge in [0.25, 0.3) is 0 Å². The zero-order chi connectivity index (χ0) is 22.3. The van der Waals surface area contributed by atoms with Crippen LogP contribution in [0.3, 0.4) is 0 Å². The van der Waals surface area contributed by atoms with E-state index >= 15 is 0 Å². The molecule has 0 bridgehead atoms. The van der Waals surface area contributed by atoms with E-state index in [9.17, 15) is 9.59 Å². The molecule has 0 spiro atoms. The van der Waals surface area contributed by atoms with Gasteiger partial charge in [-0.25, -0.2) is 4.79 Å². The minimum atomic E-state index is -0.428. The van der Waals surface area contributed by atoms with Crippen LogP contribution in [-0.4, -0.2) is 30.0 Å². The van der Waals surface area contributed by atoms with Crippen LogP contribution in [0.25, 0.3) is 0 Å². The van der Waals surface area contributed by atoms with E-state index in [0.29, 0.717) is 44.0 Å². The molecule has 2 heterocycles. The molecule has 1 saturated heterocycles. The maximum absolute atomic E-state index is 12.6. The highest BCUT2D eigenvalue weighted by molar-refractivity contribution is 5.76. The fourth-order valence-corrected chi connectivity index (χ4v) is 3.79. The van der Waals surface area contributed by atoms with Gasteiger partial charge in [-0.1, -0.05) is 42.5 Å². The fourth-order valence-electron chi connectivity index (χ4n) is 3.79. The molecule has 166 valence electrons. The lowest BCUT2D eigenvalue weighted by atomic mass is 10.1. The van der Waals surface area contributed by atoms with Gasteiger partial charge in [0.2, 0.25) is 5.91 Å². The van der Waals surface area contributed by atoms with E-state index in [1.54, 1.807) is 13.0 Å². The number of aryl methyl sites for hydroxylation is 2. The molecule has 0 aliphatic carbocycles. The Labute approximate surface area is 187 Å². The molecule has 1 aromatic heterocycles. The van der Waals surface area contributed by atoms with Gasteiger partial charge in [-0.2, -0.15) is 0 Å². The highest BCUT2D eigenvalue weighted by atomic mass is 16.5. The number of benzene rings is 2. The molecule has 6 nitrogen and oxygen atoms in total. The lowest BCUT2D eigenvalue weighted by molar-refractivity contribution is -0.130. The van der Waals surface area contributed by atoms with Gasteiger partial charge in [-0.05, 0) is 36.6 Å². The van der Waals surface area contributed by atoms with E-state index in [4.69, 9.17) is 13.9 Å². The predicted octanol–water partition coefficient (Wildman–Crippen LogP) is 4.14. The summed E-state index contributed by atoms with van der Waals surface area (Å²) in [5.74, 6) is 1.93. The topological polar surface area (TPSA) is 69.0 Å². The first-order valence-electron chi connectivity index (χ1n) is 10.9. The minimum Gasteiger partial charge on any atom is -0.489 e. The molecule has 3 aromatic rings. The Morgan fingerprint density at radius 1 is 1.03 bits per heavy atom. The van der Waals surface area contributed by atoms with E-state index in [-0.39, 0.29) is 12.0 Å². The Balaban J connectivity index is 1.22. The molecule has 1 aliphatic rings. The number of rotatable bonds is 8. The van der Waals surface area contributed by atoms with Crippen molar-refractivity contribution in [2.75, 3.05) is 13.1 Å². The summed E-state index contributed by atoms with van der Waals surface area (Å²) in [5.41, 5.74) is 1.80. The standard InChI is InChI=1S/C26H27NO5/c1-19-15-24(16-26(29)31-19)32-23-13-14-27(17-23)25(28)12-9-20-7-10-22(11-8-20)30-18-21-5-3-2-4-6-21/h2-8,10-11,15-16,23H,9,12-14,17-18H2,1H3/t23-/m1/s1. The van der Waals surface area contributed by atoms with Gasteiger partial charge in [0.1, 0.15) is 30.0 Å². The van der Waals surface area contributed by atoms with Crippen molar-refractivity contribution in [2.45, 2.75) is 38.9 Å². The molecule has 1 atom stereocenters. The first-order chi connectivity index (χ1) is 15.5. The molecular weight excluding hydrogens is 406 g/mol. The lowest BCUT2D eigenvalue weighted by Crippen LogP contribution is -2.31. The Kier molecular flexibility index (Phi) is 6.90. The summed E-state index contributed by atoms with van der Waals surface area (Å²) in [6, 6.07) is 21.0. The largest absolute Gasteiger partial charge is 0.489 e. The molecular formula is C26H27NO5. The van der Waals surface area contributed by atoms with Crippen LogP contribution >= 0.6 is 0 Å². The van der Waals surface area contributed by atoms with E-state index < -0.39 is 5.63 Å². The van der Waals surface area contributed by atoms with Crippen molar-refractivity contribution in [1.82, 2.24) is 4.90 Å². The predicted molar refractivity (Wildman–Crippen MR) is 121 cm³/mol. The van der Waals surface area contributed by atoms with Gasteiger partial charge in [0.15, 0.2) is 0 Å². The van der Waals surface area contributed by atoms with Gasteiger partial charge in [0.05, 0.1) is 12.6 Å². The summed E-state index contributed by atoms with van der Waals surface area (Å²) >= 11 is 0. The quantitative estimate of drug-likeness (QED) is 0.534. The molecule has 32 heavy (non-hydrogen) atoms. The van der Waals surface area contributed by atoms with Gasteiger partial charge in [-0.15, -0.1) is 0 Å². The Morgan fingerprint density at radius 3 is 2.56 bits per heavy atom. The van der Waals surface area contributed by atoms with Gasteiger partial charge >= 0.3 is 5.63 Å². The molecule has 1 aliphatic heterocycles. The fraction of sp³-hybridized carbons (Fsp3) is 0.308. The van der Waals surface area contributed by atoms with Crippen LogP contribution in [0.1, 0.15) is 29.7 Å². The number of carbonyl (C=O) groups excluding carboxylic acids is 1. The molecule has 6 heteroatoms. The van der Waals surface area contributed by atoms with Crippen molar-refractivity contribution < 1.29 is 18.7 Å². The summed E-state index contributed by atoms with van der Waals surface area (Å²) < 4.78 is 16.6. The molecule has 1 amide bonds. The second-order valence-electron chi connectivity index (χ2n) is 8.01. The van der Waals surface area contributed by atoms with Crippen molar-refractivity contribution >= 4 is 5.91 Å². The van der Waals surface area contributed by atoms with Gasteiger partial charge in [-0.3, -0.25) is 4.79 Å². The minimum absolute atomic E-state index is 0.110. The number of likely N-dealkylation sites (tertiary alicyclic amines) is 1. The third-order valence-electron chi connectivity index (χ3n) is 5.47. The van der Waals surface area contributed by atoms with Crippen LogP contribution < -0.4 is 15.1 Å². The summed E-state index contributed by atoms with van der Waals surface area (Å²) in [6.07, 6.45) is 1.77. The maximum Gasteiger partial charge on any atom is 0.339 e. The summed E-state index contributed by atoms with van der Waals surface area (Å²) in [6.45, 7) is 3.44. The zero-order valence-electron chi connectivity index (χ0n) is 18.2. The second-order valence-corrected chi connectivity index (χ2v) is 8.01. The first kappa shape index (κ1) is 21.7. The summed E-state index contributed by atoms with van der Waals surface area (Å²) in [4.78, 5) is 25.9. The third-order valence-corrected chi connectivity index (χ3v) is 5.47. The Hall–Kier alpha value is -3.54. The smallest absolute Gasteiger partial charge is 0.339 e. The van der Waals surface area contributed by atoms with E-state index in [1.807, 2.05) is 59.5 Å². The molecule has 0 radical (unpaired) electrons. The van der Waals surface area contributed by atoms with Crippen LogP contribution in [-0.2, 0) is 17.8 Å². The summed E-state index contributed by atoms with van der Waals surface area (Å²) in [5, 5.41) is 0. The molecule has 1 fully saturated rings. The first-order valence-corrected chi connectivity index (χ1v) is 10.9. The highest BCUT2D eigenvalue weighted by Crippen LogP contribution is 2.20. The lowest BCUT2D eigenvalue weighted by Gasteiger charge is -2.17. The van der Waals surface area contributed by atoms with Crippen LogP contribution in [0, 0.1) is 6.92 Å². The normalized spacial score (nSPS) is 15.5. The monoisotopic (exact) mass is 433 g/mol. The number of hydrogen-bond donors (Lipinski definition) is 0. The molecule has 0 N–H and O–H groups in total. The third kappa shape index (κ3) is 6.00. The van der Waals surface area contributed by atoms with Crippen molar-refractivity contribution in [3.05, 3.63) is 94.0 Å². The second kappa shape index (κ2) is 10.2. The molecule has 4 rings (SSSR count). The van der Waals surface area contributed by atoms with Crippen molar-refractivity contribution in [1.29, 1.82) is 0 Å². The average Bonchev–Trinajstić information content (AvgIpc) is 3.25. The molecule has 0 unspecified atom stereocenters. The van der Waals surface area contributed by atoms with E-state index in [1.165, 1.54) is 6.07 Å². The van der Waals surface area contributed by atoms with Crippen LogP contribution in [0.2, 0.25) is 0 Å². The van der Waals surface area contributed by atoms with Crippen molar-refractivity contribution in [3.63, 3.8) is 0 Å². The average molecular weight is 434 g/mol. The molecule has 2 aromatic carbocycles. The van der Waals surface area contributed by atoms with Gasteiger partial charge in [0, 0.05) is 25.5 Å². The van der Waals surface area contributed by atoms with Crippen LogP contribution in [0.15, 0.2) is 75.9 Å². The number of nitrogens with zero attached hydrogens (tertiary/aromatic N) is 1. The van der Waals surface area contributed by atoms with Gasteiger partial charge < -0.3 is 18.8 Å². The van der Waals surface area contributed by atoms with Crippen LogP contribution in [0.5, 0.6) is 11.5 Å².